The Morgan fingerprint density at radius 1 is 1.27 bits per heavy atom. The third-order valence-electron chi connectivity index (χ3n) is 4.64. The van der Waals surface area contributed by atoms with Crippen LogP contribution in [0.25, 0.3) is 0 Å². The Bertz CT molecular complexity index is 566. The van der Waals surface area contributed by atoms with Crippen LogP contribution in [0.15, 0.2) is 24.3 Å². The van der Waals surface area contributed by atoms with Crippen LogP contribution in [0.4, 0.5) is 0 Å². The summed E-state index contributed by atoms with van der Waals surface area (Å²) < 4.78 is 5.32. The van der Waals surface area contributed by atoms with Crippen LogP contribution >= 0.6 is 0 Å². The molecule has 0 spiro atoms. The van der Waals surface area contributed by atoms with Crippen LogP contribution in [0.1, 0.15) is 30.4 Å². The predicted molar refractivity (Wildman–Crippen MR) is 80.3 cm³/mol. The van der Waals surface area contributed by atoms with Gasteiger partial charge in [-0.2, -0.15) is 0 Å². The molecule has 22 heavy (non-hydrogen) atoms. The van der Waals surface area contributed by atoms with Gasteiger partial charge >= 0.3 is 5.97 Å². The highest BCUT2D eigenvalue weighted by Crippen LogP contribution is 2.25. The second-order valence-corrected chi connectivity index (χ2v) is 6.12. The molecule has 3 rings (SSSR count). The van der Waals surface area contributed by atoms with Crippen molar-refractivity contribution in [2.24, 2.45) is 5.92 Å². The van der Waals surface area contributed by atoms with E-state index in [0.717, 1.165) is 37.2 Å². The highest BCUT2D eigenvalue weighted by atomic mass is 16.5. The monoisotopic (exact) mass is 303 g/mol. The zero-order valence-electron chi connectivity index (χ0n) is 12.5. The van der Waals surface area contributed by atoms with Crippen LogP contribution in [0, 0.1) is 5.92 Å². The maximum atomic E-state index is 12.5. The van der Waals surface area contributed by atoms with Crippen molar-refractivity contribution in [2.75, 3.05) is 13.2 Å². The molecule has 2 aliphatic heterocycles. The molecule has 2 heterocycles. The van der Waals surface area contributed by atoms with Crippen molar-refractivity contribution in [1.29, 1.82) is 0 Å². The number of fused-ring (bicyclic) bond motifs is 1. The average molecular weight is 303 g/mol. The highest BCUT2D eigenvalue weighted by Gasteiger charge is 2.34. The number of carbonyl (C=O) groups excluding carboxylic acids is 1. The summed E-state index contributed by atoms with van der Waals surface area (Å²) in [5.74, 6) is -0.551. The zero-order valence-corrected chi connectivity index (χ0v) is 12.5. The van der Waals surface area contributed by atoms with Crippen LogP contribution in [-0.2, 0) is 27.3 Å². The fourth-order valence-electron chi connectivity index (χ4n) is 3.29. The second kappa shape index (κ2) is 6.48. The minimum atomic E-state index is -0.924. The highest BCUT2D eigenvalue weighted by molar-refractivity contribution is 5.84. The lowest BCUT2D eigenvalue weighted by atomic mass is 9.93. The predicted octanol–water partition coefficient (Wildman–Crippen LogP) is 1.84. The second-order valence-electron chi connectivity index (χ2n) is 6.12. The van der Waals surface area contributed by atoms with Gasteiger partial charge in [0.25, 0.3) is 0 Å². The average Bonchev–Trinajstić information content (AvgIpc) is 3.04. The Labute approximate surface area is 129 Å². The Morgan fingerprint density at radius 3 is 2.73 bits per heavy atom. The van der Waals surface area contributed by atoms with E-state index in [2.05, 4.69) is 0 Å². The van der Waals surface area contributed by atoms with Gasteiger partial charge in [-0.1, -0.05) is 24.3 Å². The van der Waals surface area contributed by atoms with Crippen molar-refractivity contribution >= 4 is 11.9 Å². The Hall–Kier alpha value is -1.88. The first-order valence-corrected chi connectivity index (χ1v) is 7.82. The minimum Gasteiger partial charge on any atom is -0.480 e. The first-order chi connectivity index (χ1) is 10.6. The van der Waals surface area contributed by atoms with E-state index in [4.69, 9.17) is 4.74 Å². The van der Waals surface area contributed by atoms with E-state index in [1.54, 1.807) is 0 Å². The summed E-state index contributed by atoms with van der Waals surface area (Å²) in [5.41, 5.74) is 2.08. The molecule has 1 amide bonds. The van der Waals surface area contributed by atoms with Gasteiger partial charge in [0.15, 0.2) is 0 Å². The van der Waals surface area contributed by atoms with E-state index in [-0.39, 0.29) is 5.91 Å². The molecule has 1 fully saturated rings. The van der Waals surface area contributed by atoms with Gasteiger partial charge in [-0.05, 0) is 29.9 Å². The lowest BCUT2D eigenvalue weighted by molar-refractivity contribution is -0.151. The summed E-state index contributed by atoms with van der Waals surface area (Å²) in [6, 6.07) is 7.01. The number of rotatable bonds is 4. The van der Waals surface area contributed by atoms with Gasteiger partial charge in [0, 0.05) is 32.6 Å². The fraction of sp³-hybridized carbons (Fsp3) is 0.529. The van der Waals surface area contributed by atoms with Crippen molar-refractivity contribution in [1.82, 2.24) is 4.90 Å². The number of carboxylic acids is 1. The Kier molecular flexibility index (Phi) is 4.43. The third-order valence-corrected chi connectivity index (χ3v) is 4.64. The molecular weight excluding hydrogens is 282 g/mol. The van der Waals surface area contributed by atoms with Gasteiger partial charge in [-0.15, -0.1) is 0 Å². The van der Waals surface area contributed by atoms with E-state index in [1.807, 2.05) is 24.3 Å². The van der Waals surface area contributed by atoms with E-state index in [0.29, 0.717) is 25.3 Å². The molecule has 0 aliphatic carbocycles. The molecular formula is C17H21NO4. The fourth-order valence-corrected chi connectivity index (χ4v) is 3.29. The SMILES string of the molecule is O=C(O)[C@@H]1Cc2ccccc2CN1C(=O)CC[C@H]1CCOC1. The zero-order chi connectivity index (χ0) is 15.5. The molecule has 1 aromatic carbocycles. The smallest absolute Gasteiger partial charge is 0.326 e. The topological polar surface area (TPSA) is 66.8 Å². The first-order valence-electron chi connectivity index (χ1n) is 7.82. The van der Waals surface area contributed by atoms with Crippen LogP contribution in [-0.4, -0.2) is 41.1 Å². The Morgan fingerprint density at radius 2 is 2.05 bits per heavy atom. The summed E-state index contributed by atoms with van der Waals surface area (Å²) in [4.78, 5) is 25.6. The summed E-state index contributed by atoms with van der Waals surface area (Å²) in [7, 11) is 0. The molecule has 118 valence electrons. The molecule has 2 atom stereocenters. The van der Waals surface area contributed by atoms with E-state index in [9.17, 15) is 14.7 Å². The number of carboxylic acid groups (broad SMARTS) is 1. The quantitative estimate of drug-likeness (QED) is 0.921. The van der Waals surface area contributed by atoms with Gasteiger partial charge in [-0.3, -0.25) is 4.79 Å². The van der Waals surface area contributed by atoms with Crippen LogP contribution < -0.4 is 0 Å². The lowest BCUT2D eigenvalue weighted by Crippen LogP contribution is -2.48. The molecule has 5 nitrogen and oxygen atoms in total. The normalized spacial score (nSPS) is 24.1. The molecule has 5 heteroatoms. The number of amides is 1. The maximum Gasteiger partial charge on any atom is 0.326 e. The van der Waals surface area contributed by atoms with Crippen molar-refractivity contribution in [3.8, 4) is 0 Å². The van der Waals surface area contributed by atoms with Gasteiger partial charge in [0.05, 0.1) is 0 Å². The molecule has 1 saturated heterocycles. The van der Waals surface area contributed by atoms with E-state index >= 15 is 0 Å². The van der Waals surface area contributed by atoms with Crippen molar-refractivity contribution < 1.29 is 19.4 Å². The van der Waals surface area contributed by atoms with Crippen LogP contribution in [0.3, 0.4) is 0 Å². The van der Waals surface area contributed by atoms with Gasteiger partial charge in [0.1, 0.15) is 6.04 Å². The number of hydrogen-bond donors (Lipinski definition) is 1. The van der Waals surface area contributed by atoms with E-state index < -0.39 is 12.0 Å². The van der Waals surface area contributed by atoms with Crippen molar-refractivity contribution in [2.45, 2.75) is 38.3 Å². The Balaban J connectivity index is 1.69. The molecule has 2 aliphatic rings. The molecule has 0 saturated carbocycles. The van der Waals surface area contributed by atoms with Crippen molar-refractivity contribution in [3.63, 3.8) is 0 Å². The number of benzene rings is 1. The van der Waals surface area contributed by atoms with E-state index in [1.165, 1.54) is 4.90 Å². The molecule has 0 bridgehead atoms. The van der Waals surface area contributed by atoms with Gasteiger partial charge in [-0.25, -0.2) is 4.79 Å². The summed E-state index contributed by atoms with van der Waals surface area (Å²) in [6.07, 6.45) is 2.57. The largest absolute Gasteiger partial charge is 0.480 e. The number of carbonyl (C=O) groups is 2. The molecule has 1 aromatic rings. The number of aliphatic carboxylic acids is 1. The van der Waals surface area contributed by atoms with Crippen molar-refractivity contribution in [3.05, 3.63) is 35.4 Å². The number of ether oxygens (including phenoxy) is 1. The molecule has 0 radical (unpaired) electrons. The molecule has 0 aromatic heterocycles. The van der Waals surface area contributed by atoms with Gasteiger partial charge < -0.3 is 14.7 Å². The summed E-state index contributed by atoms with van der Waals surface area (Å²) >= 11 is 0. The van der Waals surface area contributed by atoms with Crippen LogP contribution in [0.5, 0.6) is 0 Å². The number of nitrogens with zero attached hydrogens (tertiary/aromatic N) is 1. The molecule has 0 unspecified atom stereocenters. The standard InChI is InChI=1S/C17H21NO4/c19-16(6-5-12-7-8-22-11-12)18-10-14-4-2-1-3-13(14)9-15(18)17(20)21/h1-4,12,15H,5-11H2,(H,20,21)/t12-,15-/m0/s1. The lowest BCUT2D eigenvalue weighted by Gasteiger charge is -2.34. The third kappa shape index (κ3) is 3.14. The number of hydrogen-bond acceptors (Lipinski definition) is 3. The summed E-state index contributed by atoms with van der Waals surface area (Å²) in [5, 5.41) is 9.45. The first kappa shape index (κ1) is 15.0. The van der Waals surface area contributed by atoms with Crippen LogP contribution in [0.2, 0.25) is 0 Å². The minimum absolute atomic E-state index is 0.0613. The summed E-state index contributed by atoms with van der Waals surface area (Å²) in [6.45, 7) is 1.89. The van der Waals surface area contributed by atoms with Gasteiger partial charge in [0.2, 0.25) is 5.91 Å². The molecule has 1 N–H and O–H groups in total. The maximum absolute atomic E-state index is 12.5.